The lowest BCUT2D eigenvalue weighted by atomic mass is 9.94. The molecule has 0 N–H and O–H groups in total. The predicted molar refractivity (Wildman–Crippen MR) is 99.0 cm³/mol. The molecule has 0 saturated carbocycles. The van der Waals surface area contributed by atoms with Crippen molar-refractivity contribution in [1.29, 1.82) is 0 Å². The number of carbonyl (C=O) groups is 1. The summed E-state index contributed by atoms with van der Waals surface area (Å²) in [7, 11) is 1.60. The second kappa shape index (κ2) is 8.85. The molecule has 138 valence electrons. The Morgan fingerprint density at radius 2 is 2.04 bits per heavy atom. The summed E-state index contributed by atoms with van der Waals surface area (Å²) in [4.78, 5) is 22.9. The van der Waals surface area contributed by atoms with E-state index in [1.54, 1.807) is 19.5 Å². The van der Waals surface area contributed by atoms with Crippen molar-refractivity contribution >= 4 is 17.5 Å². The first kappa shape index (κ1) is 18.5. The van der Waals surface area contributed by atoms with Gasteiger partial charge in [-0.2, -0.15) is 0 Å². The van der Waals surface area contributed by atoms with Gasteiger partial charge in [-0.15, -0.1) is 11.6 Å². The van der Waals surface area contributed by atoms with Gasteiger partial charge in [-0.25, -0.2) is 4.98 Å². The lowest BCUT2D eigenvalue weighted by Gasteiger charge is -2.32. The number of nitrogens with zero attached hydrogens (tertiary/aromatic N) is 3. The molecule has 0 spiro atoms. The molecule has 2 aromatic rings. The summed E-state index contributed by atoms with van der Waals surface area (Å²) < 4.78 is 11.3. The number of benzene rings is 1. The first-order valence-corrected chi connectivity index (χ1v) is 9.22. The zero-order valence-corrected chi connectivity index (χ0v) is 15.5. The summed E-state index contributed by atoms with van der Waals surface area (Å²) in [5, 5.41) is 0. The monoisotopic (exact) mass is 375 g/mol. The molecule has 1 amide bonds. The molecule has 1 fully saturated rings. The standard InChI is InChI=1S/C19H22ClN3O3/c1-25-15-6-2-3-7-16(15)26-19-18(21-10-11-22-19)14-5-4-12-23(13-14)17(24)8-9-20/h2-3,6-7,10-11,14H,4-5,8-9,12-13H2,1H3. The number of ether oxygens (including phenoxy) is 2. The van der Waals surface area contributed by atoms with Gasteiger partial charge in [0.1, 0.15) is 5.69 Å². The number of likely N-dealkylation sites (tertiary alicyclic amines) is 1. The van der Waals surface area contributed by atoms with Crippen molar-refractivity contribution in [1.82, 2.24) is 14.9 Å². The Morgan fingerprint density at radius 1 is 1.27 bits per heavy atom. The molecule has 6 nitrogen and oxygen atoms in total. The van der Waals surface area contributed by atoms with Crippen LogP contribution in [0.4, 0.5) is 0 Å². The van der Waals surface area contributed by atoms with Gasteiger partial charge in [0, 0.05) is 43.7 Å². The van der Waals surface area contributed by atoms with Crippen LogP contribution in [-0.4, -0.2) is 46.9 Å². The van der Waals surface area contributed by atoms with Gasteiger partial charge in [-0.05, 0) is 25.0 Å². The molecule has 3 rings (SSSR count). The van der Waals surface area contributed by atoms with Crippen molar-refractivity contribution < 1.29 is 14.3 Å². The van der Waals surface area contributed by atoms with E-state index >= 15 is 0 Å². The highest BCUT2D eigenvalue weighted by Crippen LogP contribution is 2.35. The Kier molecular flexibility index (Phi) is 6.28. The first-order chi connectivity index (χ1) is 12.7. The maximum Gasteiger partial charge on any atom is 0.241 e. The first-order valence-electron chi connectivity index (χ1n) is 8.68. The van der Waals surface area contributed by atoms with Crippen molar-refractivity contribution in [3.63, 3.8) is 0 Å². The van der Waals surface area contributed by atoms with Gasteiger partial charge in [-0.1, -0.05) is 12.1 Å². The largest absolute Gasteiger partial charge is 0.493 e. The zero-order chi connectivity index (χ0) is 18.4. The minimum Gasteiger partial charge on any atom is -0.493 e. The number of rotatable bonds is 6. The molecule has 1 aliphatic rings. The number of carbonyl (C=O) groups excluding carboxylic acids is 1. The highest BCUT2D eigenvalue weighted by Gasteiger charge is 2.28. The molecule has 0 aliphatic carbocycles. The predicted octanol–water partition coefficient (Wildman–Crippen LogP) is 3.61. The summed E-state index contributed by atoms with van der Waals surface area (Å²) in [6.45, 7) is 1.37. The van der Waals surface area contributed by atoms with Crippen molar-refractivity contribution in [2.45, 2.75) is 25.2 Å². The molecule has 0 bridgehead atoms. The highest BCUT2D eigenvalue weighted by atomic mass is 35.5. The van der Waals surface area contributed by atoms with Gasteiger partial charge >= 0.3 is 0 Å². The number of halogens is 1. The van der Waals surface area contributed by atoms with E-state index in [9.17, 15) is 4.79 Å². The number of hydrogen-bond acceptors (Lipinski definition) is 5. The van der Waals surface area contributed by atoms with E-state index in [2.05, 4.69) is 9.97 Å². The second-order valence-electron chi connectivity index (χ2n) is 6.12. The fourth-order valence-electron chi connectivity index (χ4n) is 3.17. The molecule has 2 heterocycles. The van der Waals surface area contributed by atoms with Crippen LogP contribution < -0.4 is 9.47 Å². The smallest absolute Gasteiger partial charge is 0.241 e. The number of para-hydroxylation sites is 2. The topological polar surface area (TPSA) is 64.6 Å². The summed E-state index contributed by atoms with van der Waals surface area (Å²) >= 11 is 5.71. The van der Waals surface area contributed by atoms with Crippen LogP contribution in [0.1, 0.15) is 30.9 Å². The second-order valence-corrected chi connectivity index (χ2v) is 6.50. The van der Waals surface area contributed by atoms with Crippen molar-refractivity contribution in [3.05, 3.63) is 42.4 Å². The maximum absolute atomic E-state index is 12.2. The van der Waals surface area contributed by atoms with E-state index in [0.717, 1.165) is 25.1 Å². The van der Waals surface area contributed by atoms with Crippen LogP contribution in [0.25, 0.3) is 0 Å². The summed E-state index contributed by atoms with van der Waals surface area (Å²) in [6, 6.07) is 7.42. The van der Waals surface area contributed by atoms with Gasteiger partial charge in [0.2, 0.25) is 11.8 Å². The molecule has 1 unspecified atom stereocenters. The molecule has 1 saturated heterocycles. The SMILES string of the molecule is COc1ccccc1Oc1nccnc1C1CCCN(C(=O)CCCl)C1. The van der Waals surface area contributed by atoms with E-state index in [4.69, 9.17) is 21.1 Å². The molecule has 1 aromatic heterocycles. The van der Waals surface area contributed by atoms with Crippen molar-refractivity contribution in [2.24, 2.45) is 0 Å². The lowest BCUT2D eigenvalue weighted by Crippen LogP contribution is -2.39. The van der Waals surface area contributed by atoms with Crippen LogP contribution in [0.5, 0.6) is 17.4 Å². The quantitative estimate of drug-likeness (QED) is 0.721. The molecular formula is C19H22ClN3O3. The van der Waals surface area contributed by atoms with Crippen LogP contribution in [0.3, 0.4) is 0 Å². The van der Waals surface area contributed by atoms with E-state index in [1.807, 2.05) is 29.2 Å². The highest BCUT2D eigenvalue weighted by molar-refractivity contribution is 6.18. The fourth-order valence-corrected chi connectivity index (χ4v) is 3.33. The fraction of sp³-hybridized carbons (Fsp3) is 0.421. The Labute approximate surface area is 158 Å². The maximum atomic E-state index is 12.2. The Bertz CT molecular complexity index is 756. The van der Waals surface area contributed by atoms with Crippen LogP contribution in [0.2, 0.25) is 0 Å². The average Bonchev–Trinajstić information content (AvgIpc) is 2.69. The van der Waals surface area contributed by atoms with Crippen LogP contribution in [-0.2, 0) is 4.79 Å². The van der Waals surface area contributed by atoms with E-state index in [1.165, 1.54) is 0 Å². The number of piperidine rings is 1. The minimum absolute atomic E-state index is 0.0841. The molecule has 1 aliphatic heterocycles. The van der Waals surface area contributed by atoms with E-state index in [-0.39, 0.29) is 11.8 Å². The summed E-state index contributed by atoms with van der Waals surface area (Å²) in [6.07, 6.45) is 5.48. The number of methoxy groups -OCH3 is 1. The third kappa shape index (κ3) is 4.25. The van der Waals surface area contributed by atoms with Crippen LogP contribution >= 0.6 is 11.6 Å². The van der Waals surface area contributed by atoms with Crippen molar-refractivity contribution in [3.8, 4) is 17.4 Å². The van der Waals surface area contributed by atoms with Gasteiger partial charge in [0.25, 0.3) is 0 Å². The number of aromatic nitrogens is 2. The Balaban J connectivity index is 1.81. The average molecular weight is 376 g/mol. The summed E-state index contributed by atoms with van der Waals surface area (Å²) in [5.41, 5.74) is 0.766. The van der Waals surface area contributed by atoms with E-state index < -0.39 is 0 Å². The molecule has 1 atom stereocenters. The number of hydrogen-bond donors (Lipinski definition) is 0. The van der Waals surface area contributed by atoms with Crippen molar-refractivity contribution in [2.75, 3.05) is 26.1 Å². The van der Waals surface area contributed by atoms with Gasteiger partial charge in [-0.3, -0.25) is 9.78 Å². The lowest BCUT2D eigenvalue weighted by molar-refractivity contribution is -0.132. The van der Waals surface area contributed by atoms with Crippen LogP contribution in [0, 0.1) is 0 Å². The number of amides is 1. The normalized spacial score (nSPS) is 17.0. The Hall–Kier alpha value is -2.34. The van der Waals surface area contributed by atoms with E-state index in [0.29, 0.717) is 36.2 Å². The zero-order valence-electron chi connectivity index (χ0n) is 14.7. The van der Waals surface area contributed by atoms with Crippen LogP contribution in [0.15, 0.2) is 36.7 Å². The third-order valence-electron chi connectivity index (χ3n) is 4.44. The summed E-state index contributed by atoms with van der Waals surface area (Å²) in [5.74, 6) is 2.18. The Morgan fingerprint density at radius 3 is 2.81 bits per heavy atom. The molecule has 0 radical (unpaired) electrons. The van der Waals surface area contributed by atoms with Gasteiger partial charge in [0.05, 0.1) is 7.11 Å². The van der Waals surface area contributed by atoms with Gasteiger partial charge < -0.3 is 14.4 Å². The molecule has 7 heteroatoms. The molecule has 26 heavy (non-hydrogen) atoms. The molecule has 1 aromatic carbocycles. The molecular weight excluding hydrogens is 354 g/mol. The third-order valence-corrected chi connectivity index (χ3v) is 4.63. The number of alkyl halides is 1. The van der Waals surface area contributed by atoms with Gasteiger partial charge in [0.15, 0.2) is 11.5 Å². The minimum atomic E-state index is 0.0841.